The molecule has 0 radical (unpaired) electrons. The van der Waals surface area contributed by atoms with Crippen LogP contribution in [-0.4, -0.2) is 27.0 Å². The average molecular weight is 249 g/mol. The van der Waals surface area contributed by atoms with E-state index < -0.39 is 34.0 Å². The first-order valence-corrected chi connectivity index (χ1v) is 6.11. The van der Waals surface area contributed by atoms with Crippen molar-refractivity contribution in [3.05, 3.63) is 35.4 Å². The number of hydrogen-bond donors (Lipinski definition) is 1. The average Bonchev–Trinajstić information content (AvgIpc) is 2.17. The molecule has 0 unspecified atom stereocenters. The Hall–Kier alpha value is -1.34. The molecule has 0 aliphatic rings. The lowest BCUT2D eigenvalue weighted by Gasteiger charge is -2.02. The summed E-state index contributed by atoms with van der Waals surface area (Å²) in [6, 6.07) is 2.62. The van der Waals surface area contributed by atoms with E-state index >= 15 is 0 Å². The van der Waals surface area contributed by atoms with Gasteiger partial charge in [0, 0.05) is 5.56 Å². The lowest BCUT2D eigenvalue weighted by atomic mass is 10.1. The molecule has 0 aromatic heterocycles. The number of carbonyl (C=O) groups is 1. The number of Topliss-reactive ketones (excluding diaryl/α,β-unsaturated/α-hetero) is 1. The number of rotatable bonds is 4. The standard InChI is InChI=1S/C9H9F2NO3S/c1-16(14,15)12-5-9(13)6-2-3-7(10)8(11)4-6/h2-4,12H,5H2,1H3. The van der Waals surface area contributed by atoms with Crippen LogP contribution < -0.4 is 4.72 Å². The molecule has 0 amide bonds. The third-order valence-corrected chi connectivity index (χ3v) is 2.41. The monoisotopic (exact) mass is 249 g/mol. The van der Waals surface area contributed by atoms with E-state index in [0.717, 1.165) is 24.5 Å². The van der Waals surface area contributed by atoms with E-state index in [1.54, 1.807) is 0 Å². The highest BCUT2D eigenvalue weighted by molar-refractivity contribution is 7.88. The molecule has 0 aliphatic heterocycles. The van der Waals surface area contributed by atoms with Crippen molar-refractivity contribution < 1.29 is 22.0 Å². The molecule has 1 aromatic carbocycles. The molecular formula is C9H9F2NO3S. The molecule has 1 aromatic rings. The molecule has 16 heavy (non-hydrogen) atoms. The predicted octanol–water partition coefficient (Wildman–Crippen LogP) is 0.697. The summed E-state index contributed by atoms with van der Waals surface area (Å²) in [7, 11) is -3.48. The number of ketones is 1. The van der Waals surface area contributed by atoms with E-state index in [2.05, 4.69) is 0 Å². The smallest absolute Gasteiger partial charge is 0.209 e. The van der Waals surface area contributed by atoms with Gasteiger partial charge in [0.05, 0.1) is 12.8 Å². The minimum Gasteiger partial charge on any atom is -0.293 e. The lowest BCUT2D eigenvalue weighted by Crippen LogP contribution is -2.28. The van der Waals surface area contributed by atoms with Gasteiger partial charge in [-0.15, -0.1) is 0 Å². The maximum absolute atomic E-state index is 12.7. The van der Waals surface area contributed by atoms with Gasteiger partial charge in [0.15, 0.2) is 17.4 Å². The summed E-state index contributed by atoms with van der Waals surface area (Å²) in [5, 5.41) is 0. The third-order valence-electron chi connectivity index (χ3n) is 1.74. The van der Waals surface area contributed by atoms with Crippen molar-refractivity contribution in [2.45, 2.75) is 0 Å². The highest BCUT2D eigenvalue weighted by Gasteiger charge is 2.11. The van der Waals surface area contributed by atoms with E-state index in [9.17, 15) is 22.0 Å². The maximum atomic E-state index is 12.7. The highest BCUT2D eigenvalue weighted by Crippen LogP contribution is 2.08. The molecule has 0 spiro atoms. The summed E-state index contributed by atoms with van der Waals surface area (Å²) in [6.07, 6.45) is 0.894. The van der Waals surface area contributed by atoms with Crippen LogP contribution in [0.25, 0.3) is 0 Å². The Bertz CT molecular complexity index is 513. The van der Waals surface area contributed by atoms with Crippen LogP contribution in [0.4, 0.5) is 8.78 Å². The second-order valence-corrected chi connectivity index (χ2v) is 4.98. The molecule has 0 aliphatic carbocycles. The first-order valence-electron chi connectivity index (χ1n) is 4.22. The van der Waals surface area contributed by atoms with Crippen LogP contribution in [-0.2, 0) is 10.0 Å². The minimum absolute atomic E-state index is 0.0879. The third kappa shape index (κ3) is 3.67. The number of carbonyl (C=O) groups excluding carboxylic acids is 1. The van der Waals surface area contributed by atoms with Crippen molar-refractivity contribution in [1.29, 1.82) is 0 Å². The Balaban J connectivity index is 2.78. The molecule has 4 nitrogen and oxygen atoms in total. The van der Waals surface area contributed by atoms with E-state index in [4.69, 9.17) is 0 Å². The predicted molar refractivity (Wildman–Crippen MR) is 53.5 cm³/mol. The van der Waals surface area contributed by atoms with Crippen LogP contribution in [0.1, 0.15) is 10.4 Å². The molecule has 0 heterocycles. The fourth-order valence-electron chi connectivity index (χ4n) is 0.968. The van der Waals surface area contributed by atoms with E-state index in [0.29, 0.717) is 0 Å². The van der Waals surface area contributed by atoms with Gasteiger partial charge in [0.1, 0.15) is 0 Å². The zero-order valence-corrected chi connectivity index (χ0v) is 9.14. The summed E-state index contributed by atoms with van der Waals surface area (Å²) >= 11 is 0. The molecule has 1 rings (SSSR count). The van der Waals surface area contributed by atoms with Gasteiger partial charge in [-0.3, -0.25) is 4.79 Å². The van der Waals surface area contributed by atoms with Gasteiger partial charge in [-0.25, -0.2) is 21.9 Å². The van der Waals surface area contributed by atoms with Crippen LogP contribution in [0, 0.1) is 11.6 Å². The number of halogens is 2. The fourth-order valence-corrected chi connectivity index (χ4v) is 1.36. The molecular weight excluding hydrogens is 240 g/mol. The number of nitrogens with one attached hydrogen (secondary N) is 1. The van der Waals surface area contributed by atoms with Gasteiger partial charge in [-0.1, -0.05) is 0 Å². The van der Waals surface area contributed by atoms with Crippen molar-refractivity contribution in [2.24, 2.45) is 0 Å². The van der Waals surface area contributed by atoms with Crippen LogP contribution in [0.3, 0.4) is 0 Å². The second-order valence-electron chi connectivity index (χ2n) is 3.15. The van der Waals surface area contributed by atoms with Gasteiger partial charge in [-0.2, -0.15) is 0 Å². The van der Waals surface area contributed by atoms with Crippen LogP contribution >= 0.6 is 0 Å². The summed E-state index contributed by atoms with van der Waals surface area (Å²) in [6.45, 7) is -0.482. The van der Waals surface area contributed by atoms with Gasteiger partial charge in [-0.05, 0) is 18.2 Å². The van der Waals surface area contributed by atoms with Crippen LogP contribution in [0.15, 0.2) is 18.2 Å². The molecule has 0 bridgehead atoms. The fraction of sp³-hybridized carbons (Fsp3) is 0.222. The van der Waals surface area contributed by atoms with Gasteiger partial charge in [0.2, 0.25) is 10.0 Å². The van der Waals surface area contributed by atoms with E-state index in [1.165, 1.54) is 0 Å². The molecule has 0 fully saturated rings. The minimum atomic E-state index is -3.48. The largest absolute Gasteiger partial charge is 0.293 e. The summed E-state index contributed by atoms with van der Waals surface area (Å²) < 4.78 is 48.6. The number of benzene rings is 1. The quantitative estimate of drug-likeness (QED) is 0.799. The summed E-state index contributed by atoms with van der Waals surface area (Å²) in [5.41, 5.74) is -0.0879. The van der Waals surface area contributed by atoms with Crippen molar-refractivity contribution >= 4 is 15.8 Å². The van der Waals surface area contributed by atoms with Crippen molar-refractivity contribution in [3.63, 3.8) is 0 Å². The van der Waals surface area contributed by atoms with Gasteiger partial charge < -0.3 is 0 Å². The maximum Gasteiger partial charge on any atom is 0.209 e. The molecule has 0 atom stereocenters. The van der Waals surface area contributed by atoms with Crippen LogP contribution in [0.2, 0.25) is 0 Å². The number of sulfonamides is 1. The lowest BCUT2D eigenvalue weighted by molar-refractivity contribution is 0.0996. The topological polar surface area (TPSA) is 63.2 Å². The molecule has 88 valence electrons. The second kappa shape index (κ2) is 4.67. The number of hydrogen-bond acceptors (Lipinski definition) is 3. The normalized spacial score (nSPS) is 11.4. The zero-order chi connectivity index (χ0) is 12.3. The Morgan fingerprint density at radius 2 is 1.94 bits per heavy atom. The van der Waals surface area contributed by atoms with E-state index in [-0.39, 0.29) is 5.56 Å². The van der Waals surface area contributed by atoms with Gasteiger partial charge in [0.25, 0.3) is 0 Å². The zero-order valence-electron chi connectivity index (χ0n) is 8.33. The summed E-state index contributed by atoms with van der Waals surface area (Å²) in [5.74, 6) is -2.85. The van der Waals surface area contributed by atoms with Gasteiger partial charge >= 0.3 is 0 Å². The molecule has 1 N–H and O–H groups in total. The first-order chi connectivity index (χ1) is 7.29. The van der Waals surface area contributed by atoms with E-state index in [1.807, 2.05) is 4.72 Å². The highest BCUT2D eigenvalue weighted by atomic mass is 32.2. The van der Waals surface area contributed by atoms with Crippen molar-refractivity contribution in [1.82, 2.24) is 4.72 Å². The van der Waals surface area contributed by atoms with Crippen LogP contribution in [0.5, 0.6) is 0 Å². The first kappa shape index (κ1) is 12.7. The Kier molecular flexibility index (Phi) is 3.71. The van der Waals surface area contributed by atoms with Crippen molar-refractivity contribution in [2.75, 3.05) is 12.8 Å². The van der Waals surface area contributed by atoms with Crippen molar-refractivity contribution in [3.8, 4) is 0 Å². The summed E-state index contributed by atoms with van der Waals surface area (Å²) in [4.78, 5) is 11.3. The molecule has 0 saturated carbocycles. The molecule has 0 saturated heterocycles. The SMILES string of the molecule is CS(=O)(=O)NCC(=O)c1ccc(F)c(F)c1. The Labute approximate surface area is 91.3 Å². The Morgan fingerprint density at radius 3 is 2.44 bits per heavy atom. The Morgan fingerprint density at radius 1 is 1.31 bits per heavy atom. The molecule has 7 heteroatoms.